The van der Waals surface area contributed by atoms with Crippen LogP contribution in [0.2, 0.25) is 10.0 Å². The standard InChI is InChI=1S/C19H20Cl2N2O4S/c1-25-16-7-12(8-17(26-2)19(16)27-3)9-22-23-18(24)11-28-10-13-14(20)5-4-6-15(13)21/h4-9H,10-11H2,1-3H3,(H,23,24). The average molecular weight is 443 g/mol. The zero-order valence-electron chi connectivity index (χ0n) is 15.6. The molecular formula is C19H20Cl2N2O4S. The Morgan fingerprint density at radius 3 is 2.25 bits per heavy atom. The number of methoxy groups -OCH3 is 3. The summed E-state index contributed by atoms with van der Waals surface area (Å²) in [6.45, 7) is 0. The van der Waals surface area contributed by atoms with Crippen molar-refractivity contribution in [1.82, 2.24) is 5.43 Å². The van der Waals surface area contributed by atoms with Crippen molar-refractivity contribution in [3.63, 3.8) is 0 Å². The Morgan fingerprint density at radius 2 is 1.71 bits per heavy atom. The molecule has 0 atom stereocenters. The first-order valence-corrected chi connectivity index (χ1v) is 10.0. The molecule has 2 aromatic carbocycles. The van der Waals surface area contributed by atoms with E-state index in [1.807, 2.05) is 0 Å². The lowest BCUT2D eigenvalue weighted by atomic mass is 10.2. The van der Waals surface area contributed by atoms with Gasteiger partial charge in [0.05, 0.1) is 33.3 Å². The van der Waals surface area contributed by atoms with E-state index in [1.165, 1.54) is 39.3 Å². The van der Waals surface area contributed by atoms with Crippen LogP contribution >= 0.6 is 35.0 Å². The number of carbonyl (C=O) groups excluding carboxylic acids is 1. The zero-order valence-corrected chi connectivity index (χ0v) is 18.0. The Balaban J connectivity index is 1.91. The number of rotatable bonds is 9. The highest BCUT2D eigenvalue weighted by Crippen LogP contribution is 2.37. The number of amides is 1. The third-order valence-corrected chi connectivity index (χ3v) is 5.30. The number of nitrogens with one attached hydrogen (secondary N) is 1. The van der Waals surface area contributed by atoms with Crippen LogP contribution in [-0.4, -0.2) is 39.2 Å². The Hall–Kier alpha value is -2.09. The van der Waals surface area contributed by atoms with E-state index in [-0.39, 0.29) is 11.7 Å². The second kappa shape index (κ2) is 11.0. The summed E-state index contributed by atoms with van der Waals surface area (Å²) in [7, 11) is 4.59. The van der Waals surface area contributed by atoms with Crippen LogP contribution in [0.4, 0.5) is 0 Å². The van der Waals surface area contributed by atoms with E-state index >= 15 is 0 Å². The highest BCUT2D eigenvalue weighted by atomic mass is 35.5. The molecule has 0 bridgehead atoms. The Bertz CT molecular complexity index is 817. The molecule has 0 aliphatic rings. The molecule has 0 aliphatic carbocycles. The zero-order chi connectivity index (χ0) is 20.5. The number of hydrogen-bond acceptors (Lipinski definition) is 6. The van der Waals surface area contributed by atoms with Crippen LogP contribution in [0, 0.1) is 0 Å². The van der Waals surface area contributed by atoms with Crippen molar-refractivity contribution in [1.29, 1.82) is 0 Å². The Labute approximate surface area is 178 Å². The minimum absolute atomic E-state index is 0.216. The van der Waals surface area contributed by atoms with Gasteiger partial charge in [0.25, 0.3) is 0 Å². The first-order chi connectivity index (χ1) is 13.5. The van der Waals surface area contributed by atoms with Gasteiger partial charge >= 0.3 is 0 Å². The molecular weight excluding hydrogens is 423 g/mol. The normalized spacial score (nSPS) is 10.8. The summed E-state index contributed by atoms with van der Waals surface area (Å²) in [4.78, 5) is 12.0. The second-order valence-corrected chi connectivity index (χ2v) is 7.24. The maximum atomic E-state index is 12.0. The molecule has 6 nitrogen and oxygen atoms in total. The molecule has 2 aromatic rings. The van der Waals surface area contributed by atoms with E-state index in [0.717, 1.165) is 5.56 Å². The van der Waals surface area contributed by atoms with Crippen molar-refractivity contribution in [3.8, 4) is 17.2 Å². The Morgan fingerprint density at radius 1 is 1.11 bits per heavy atom. The SMILES string of the molecule is COc1cc(C=NNC(=O)CSCc2c(Cl)cccc2Cl)cc(OC)c1OC. The summed E-state index contributed by atoms with van der Waals surface area (Å²) in [5.74, 6) is 2.00. The number of hydrazone groups is 1. The first kappa shape index (κ1) is 22.2. The molecule has 28 heavy (non-hydrogen) atoms. The Kier molecular flexibility index (Phi) is 8.76. The minimum atomic E-state index is -0.239. The average Bonchev–Trinajstić information content (AvgIpc) is 2.69. The molecule has 0 fully saturated rings. The fraction of sp³-hybridized carbons (Fsp3) is 0.263. The molecule has 0 saturated carbocycles. The van der Waals surface area contributed by atoms with E-state index in [1.54, 1.807) is 30.3 Å². The van der Waals surface area contributed by atoms with Gasteiger partial charge < -0.3 is 14.2 Å². The van der Waals surface area contributed by atoms with Crippen molar-refractivity contribution in [2.75, 3.05) is 27.1 Å². The lowest BCUT2D eigenvalue weighted by molar-refractivity contribution is -0.118. The van der Waals surface area contributed by atoms with Crippen LogP contribution in [0.1, 0.15) is 11.1 Å². The minimum Gasteiger partial charge on any atom is -0.493 e. The summed E-state index contributed by atoms with van der Waals surface area (Å²) < 4.78 is 15.8. The van der Waals surface area contributed by atoms with E-state index in [0.29, 0.717) is 38.6 Å². The highest BCUT2D eigenvalue weighted by molar-refractivity contribution is 7.99. The molecule has 0 unspecified atom stereocenters. The van der Waals surface area contributed by atoms with Gasteiger partial charge in [-0.1, -0.05) is 29.3 Å². The predicted octanol–water partition coefficient (Wildman–Crippen LogP) is 4.40. The van der Waals surface area contributed by atoms with Gasteiger partial charge in [0.2, 0.25) is 11.7 Å². The largest absolute Gasteiger partial charge is 0.493 e. The summed E-state index contributed by atoms with van der Waals surface area (Å²) >= 11 is 13.6. The molecule has 0 aliphatic heterocycles. The molecule has 0 radical (unpaired) electrons. The van der Waals surface area contributed by atoms with Gasteiger partial charge in [-0.2, -0.15) is 5.10 Å². The summed E-state index contributed by atoms with van der Waals surface area (Å²) in [5, 5.41) is 5.13. The molecule has 0 aromatic heterocycles. The molecule has 9 heteroatoms. The van der Waals surface area contributed by atoms with Gasteiger partial charge in [0.1, 0.15) is 0 Å². The quantitative estimate of drug-likeness (QED) is 0.460. The summed E-state index contributed by atoms with van der Waals surface area (Å²) in [6.07, 6.45) is 1.50. The number of carbonyl (C=O) groups is 1. The smallest absolute Gasteiger partial charge is 0.250 e. The third-order valence-electron chi connectivity index (χ3n) is 3.63. The number of ether oxygens (including phenoxy) is 3. The number of thioether (sulfide) groups is 1. The van der Waals surface area contributed by atoms with Crippen LogP contribution in [0.5, 0.6) is 17.2 Å². The maximum absolute atomic E-state index is 12.0. The van der Waals surface area contributed by atoms with E-state index in [4.69, 9.17) is 37.4 Å². The molecule has 0 saturated heterocycles. The maximum Gasteiger partial charge on any atom is 0.250 e. The topological polar surface area (TPSA) is 69.2 Å². The van der Waals surface area contributed by atoms with Crippen molar-refractivity contribution in [3.05, 3.63) is 51.5 Å². The second-order valence-electron chi connectivity index (χ2n) is 5.44. The van der Waals surface area contributed by atoms with Gasteiger partial charge in [-0.05, 0) is 29.8 Å². The predicted molar refractivity (Wildman–Crippen MR) is 114 cm³/mol. The third kappa shape index (κ3) is 5.95. The van der Waals surface area contributed by atoms with Gasteiger partial charge in [-0.15, -0.1) is 11.8 Å². The first-order valence-electron chi connectivity index (χ1n) is 8.12. The van der Waals surface area contributed by atoms with Gasteiger partial charge in [-0.25, -0.2) is 5.43 Å². The lowest BCUT2D eigenvalue weighted by Crippen LogP contribution is -2.19. The summed E-state index contributed by atoms with van der Waals surface area (Å²) in [5.41, 5.74) is 3.98. The van der Waals surface area contributed by atoms with E-state index in [2.05, 4.69) is 10.5 Å². The molecule has 1 amide bonds. The van der Waals surface area contributed by atoms with Gasteiger partial charge in [-0.3, -0.25) is 4.79 Å². The fourth-order valence-corrected chi connectivity index (χ4v) is 3.86. The molecule has 2 rings (SSSR count). The number of benzene rings is 2. The van der Waals surface area contributed by atoms with E-state index in [9.17, 15) is 4.79 Å². The number of nitrogens with zero attached hydrogens (tertiary/aromatic N) is 1. The van der Waals surface area contributed by atoms with Gasteiger partial charge in [0.15, 0.2) is 11.5 Å². The van der Waals surface area contributed by atoms with Crippen molar-refractivity contribution in [2.45, 2.75) is 5.75 Å². The molecule has 0 spiro atoms. The van der Waals surface area contributed by atoms with Crippen LogP contribution in [-0.2, 0) is 10.5 Å². The lowest BCUT2D eigenvalue weighted by Gasteiger charge is -2.12. The molecule has 0 heterocycles. The van der Waals surface area contributed by atoms with Crippen LogP contribution < -0.4 is 19.6 Å². The van der Waals surface area contributed by atoms with Crippen molar-refractivity contribution in [2.24, 2.45) is 5.10 Å². The van der Waals surface area contributed by atoms with E-state index < -0.39 is 0 Å². The number of hydrogen-bond donors (Lipinski definition) is 1. The van der Waals surface area contributed by atoms with Crippen LogP contribution in [0.15, 0.2) is 35.4 Å². The van der Waals surface area contributed by atoms with Gasteiger partial charge in [0, 0.05) is 21.4 Å². The molecule has 150 valence electrons. The molecule has 1 N–H and O–H groups in total. The fourth-order valence-electron chi connectivity index (χ4n) is 2.30. The number of halogens is 2. The monoisotopic (exact) mass is 442 g/mol. The highest BCUT2D eigenvalue weighted by Gasteiger charge is 2.12. The summed E-state index contributed by atoms with van der Waals surface area (Å²) in [6, 6.07) is 8.77. The van der Waals surface area contributed by atoms with Crippen molar-refractivity contribution < 1.29 is 19.0 Å². The van der Waals surface area contributed by atoms with Crippen molar-refractivity contribution >= 4 is 47.1 Å². The van der Waals surface area contributed by atoms with Crippen LogP contribution in [0.3, 0.4) is 0 Å². The van der Waals surface area contributed by atoms with Crippen LogP contribution in [0.25, 0.3) is 0 Å².